The Morgan fingerprint density at radius 1 is 1.14 bits per heavy atom. The van der Waals surface area contributed by atoms with E-state index < -0.39 is 27.3 Å². The van der Waals surface area contributed by atoms with Crippen LogP contribution in [0.4, 0.5) is 20.2 Å². The summed E-state index contributed by atoms with van der Waals surface area (Å²) in [6.07, 6.45) is 0. The van der Waals surface area contributed by atoms with Gasteiger partial charge in [0.1, 0.15) is 16.5 Å². The molecule has 0 aliphatic carbocycles. The van der Waals surface area contributed by atoms with Crippen LogP contribution in [0.1, 0.15) is 5.56 Å². The Morgan fingerprint density at radius 2 is 1.81 bits per heavy atom. The van der Waals surface area contributed by atoms with E-state index in [4.69, 9.17) is 17.3 Å². The van der Waals surface area contributed by atoms with E-state index in [1.165, 1.54) is 25.1 Å². The summed E-state index contributed by atoms with van der Waals surface area (Å²) in [5, 5.41) is 0.263. The molecule has 0 saturated heterocycles. The van der Waals surface area contributed by atoms with Gasteiger partial charge in [0, 0.05) is 11.1 Å². The molecule has 2 aromatic rings. The number of nitrogens with two attached hydrogens (primary N) is 1. The lowest BCUT2D eigenvalue weighted by Crippen LogP contribution is -2.16. The minimum atomic E-state index is -4.15. The van der Waals surface area contributed by atoms with E-state index in [2.05, 4.69) is 0 Å². The number of benzene rings is 2. The largest absolute Gasteiger partial charge is 0.398 e. The molecule has 3 N–H and O–H groups in total. The van der Waals surface area contributed by atoms with Crippen LogP contribution in [0, 0.1) is 18.6 Å². The summed E-state index contributed by atoms with van der Waals surface area (Å²) < 4.78 is 53.4. The molecule has 0 unspecified atom stereocenters. The second kappa shape index (κ2) is 5.50. The number of hydrogen-bond acceptors (Lipinski definition) is 3. The molecule has 0 atom stereocenters. The molecule has 0 aliphatic heterocycles. The first-order valence-corrected chi connectivity index (χ1v) is 7.60. The second-order valence-electron chi connectivity index (χ2n) is 4.37. The molecule has 0 aromatic heterocycles. The Morgan fingerprint density at radius 3 is 2.43 bits per heavy atom. The second-order valence-corrected chi connectivity index (χ2v) is 6.46. The van der Waals surface area contributed by atoms with Crippen LogP contribution in [0.25, 0.3) is 0 Å². The molecular weight excluding hydrogens is 322 g/mol. The minimum absolute atomic E-state index is 0.0708. The SMILES string of the molecule is Cc1cc(F)c(NS(=O)(=O)c2ccc(Cl)cc2N)cc1F. The monoisotopic (exact) mass is 332 g/mol. The minimum Gasteiger partial charge on any atom is -0.398 e. The van der Waals surface area contributed by atoms with E-state index in [-0.39, 0.29) is 21.2 Å². The highest BCUT2D eigenvalue weighted by atomic mass is 35.5. The molecular formula is C13H11ClF2N2O2S. The van der Waals surface area contributed by atoms with Crippen LogP contribution in [-0.2, 0) is 10.0 Å². The Bertz CT molecular complexity index is 810. The van der Waals surface area contributed by atoms with E-state index in [1.807, 2.05) is 4.72 Å². The molecule has 112 valence electrons. The number of anilines is 2. The first-order chi connectivity index (χ1) is 9.70. The average Bonchev–Trinajstić information content (AvgIpc) is 2.35. The van der Waals surface area contributed by atoms with E-state index in [9.17, 15) is 17.2 Å². The summed E-state index contributed by atoms with van der Waals surface area (Å²) in [6, 6.07) is 5.44. The molecule has 8 heteroatoms. The number of nitrogens with one attached hydrogen (secondary N) is 1. The standard InChI is InChI=1S/C13H11ClF2N2O2S/c1-7-4-10(16)12(6-9(7)15)18-21(19,20)13-3-2-8(14)5-11(13)17/h2-6,18H,17H2,1H3. The number of aryl methyl sites for hydroxylation is 1. The third-order valence-electron chi connectivity index (χ3n) is 2.75. The molecule has 0 aliphatic rings. The summed E-state index contributed by atoms with van der Waals surface area (Å²) in [5.74, 6) is -1.61. The maximum atomic E-state index is 13.7. The third-order valence-corrected chi connectivity index (χ3v) is 4.43. The lowest BCUT2D eigenvalue weighted by atomic mass is 10.2. The summed E-state index contributed by atoms with van der Waals surface area (Å²) in [6.45, 7) is 1.37. The van der Waals surface area contributed by atoms with Crippen molar-refractivity contribution in [3.8, 4) is 0 Å². The zero-order valence-electron chi connectivity index (χ0n) is 10.8. The first-order valence-electron chi connectivity index (χ1n) is 5.74. The van der Waals surface area contributed by atoms with Gasteiger partial charge in [-0.25, -0.2) is 17.2 Å². The number of halogens is 3. The van der Waals surface area contributed by atoms with Crippen LogP contribution in [0.2, 0.25) is 5.02 Å². The van der Waals surface area contributed by atoms with Crippen LogP contribution < -0.4 is 10.5 Å². The van der Waals surface area contributed by atoms with Gasteiger partial charge in [0.15, 0.2) is 0 Å². The zero-order chi connectivity index (χ0) is 15.8. The highest BCUT2D eigenvalue weighted by Gasteiger charge is 2.20. The Kier molecular flexibility index (Phi) is 4.06. The lowest BCUT2D eigenvalue weighted by Gasteiger charge is -2.11. The summed E-state index contributed by atoms with van der Waals surface area (Å²) >= 11 is 5.69. The van der Waals surface area contributed by atoms with E-state index >= 15 is 0 Å². The van der Waals surface area contributed by atoms with Gasteiger partial charge in [0.25, 0.3) is 10.0 Å². The number of rotatable bonds is 3. The fourth-order valence-corrected chi connectivity index (χ4v) is 3.04. The quantitative estimate of drug-likeness (QED) is 0.847. The van der Waals surface area contributed by atoms with Crippen LogP contribution in [0.15, 0.2) is 35.2 Å². The van der Waals surface area contributed by atoms with Gasteiger partial charge < -0.3 is 5.73 Å². The summed E-state index contributed by atoms with van der Waals surface area (Å²) in [5.41, 5.74) is 5.07. The van der Waals surface area contributed by atoms with Crippen molar-refractivity contribution in [1.82, 2.24) is 0 Å². The van der Waals surface area contributed by atoms with Gasteiger partial charge in [-0.15, -0.1) is 0 Å². The molecule has 0 amide bonds. The van der Waals surface area contributed by atoms with Crippen LogP contribution in [0.3, 0.4) is 0 Å². The van der Waals surface area contributed by atoms with E-state index in [1.54, 1.807) is 0 Å². The molecule has 4 nitrogen and oxygen atoms in total. The fraction of sp³-hybridized carbons (Fsp3) is 0.0769. The summed E-state index contributed by atoms with van der Waals surface area (Å²) in [4.78, 5) is -0.271. The predicted molar refractivity (Wildman–Crippen MR) is 77.8 cm³/mol. The van der Waals surface area contributed by atoms with Gasteiger partial charge in [-0.05, 0) is 36.8 Å². The molecule has 0 radical (unpaired) electrons. The third kappa shape index (κ3) is 3.25. The molecule has 0 fully saturated rings. The van der Waals surface area contributed by atoms with Crippen molar-refractivity contribution in [3.63, 3.8) is 0 Å². The smallest absolute Gasteiger partial charge is 0.264 e. The van der Waals surface area contributed by atoms with E-state index in [0.717, 1.165) is 12.1 Å². The summed E-state index contributed by atoms with van der Waals surface area (Å²) in [7, 11) is -4.15. The van der Waals surface area contributed by atoms with Gasteiger partial charge in [0.2, 0.25) is 0 Å². The predicted octanol–water partition coefficient (Wildman–Crippen LogP) is 3.31. The molecule has 0 bridgehead atoms. The molecule has 0 saturated carbocycles. The molecule has 2 rings (SSSR count). The highest BCUT2D eigenvalue weighted by molar-refractivity contribution is 7.92. The normalized spacial score (nSPS) is 11.4. The van der Waals surface area contributed by atoms with Crippen molar-refractivity contribution in [3.05, 3.63) is 52.6 Å². The van der Waals surface area contributed by atoms with Gasteiger partial charge >= 0.3 is 0 Å². The van der Waals surface area contributed by atoms with Crippen LogP contribution in [-0.4, -0.2) is 8.42 Å². The number of nitrogen functional groups attached to an aromatic ring is 1. The topological polar surface area (TPSA) is 72.2 Å². The van der Waals surface area contributed by atoms with Crippen molar-refractivity contribution in [2.45, 2.75) is 11.8 Å². The Balaban J connectivity index is 2.45. The molecule has 0 spiro atoms. The van der Waals surface area contributed by atoms with Gasteiger partial charge in [-0.2, -0.15) is 0 Å². The lowest BCUT2D eigenvalue weighted by molar-refractivity contribution is 0.590. The Labute approximate surface area is 125 Å². The molecule has 21 heavy (non-hydrogen) atoms. The van der Waals surface area contributed by atoms with Crippen LogP contribution in [0.5, 0.6) is 0 Å². The number of hydrogen-bond donors (Lipinski definition) is 2. The highest BCUT2D eigenvalue weighted by Crippen LogP contribution is 2.26. The molecule has 2 aromatic carbocycles. The zero-order valence-corrected chi connectivity index (χ0v) is 12.4. The van der Waals surface area contributed by atoms with Gasteiger partial charge in [-0.3, -0.25) is 4.72 Å². The van der Waals surface area contributed by atoms with Crippen molar-refractivity contribution < 1.29 is 17.2 Å². The van der Waals surface area contributed by atoms with Crippen molar-refractivity contribution >= 4 is 33.0 Å². The van der Waals surface area contributed by atoms with Crippen LogP contribution >= 0.6 is 11.6 Å². The van der Waals surface area contributed by atoms with Crippen molar-refractivity contribution in [2.24, 2.45) is 0 Å². The maximum absolute atomic E-state index is 13.7. The van der Waals surface area contributed by atoms with Gasteiger partial charge in [0.05, 0.1) is 11.4 Å². The van der Waals surface area contributed by atoms with Crippen molar-refractivity contribution in [1.29, 1.82) is 0 Å². The fourth-order valence-electron chi connectivity index (χ4n) is 1.69. The maximum Gasteiger partial charge on any atom is 0.264 e. The Hall–Kier alpha value is -1.86. The first kappa shape index (κ1) is 15.5. The number of sulfonamides is 1. The van der Waals surface area contributed by atoms with Crippen molar-refractivity contribution in [2.75, 3.05) is 10.5 Å². The van der Waals surface area contributed by atoms with Gasteiger partial charge in [-0.1, -0.05) is 11.6 Å². The van der Waals surface area contributed by atoms with E-state index in [0.29, 0.717) is 0 Å². The molecule has 0 heterocycles. The average molecular weight is 333 g/mol.